The van der Waals surface area contributed by atoms with Gasteiger partial charge in [0.25, 0.3) is 0 Å². The molecule has 1 heterocycles. The third-order valence-electron chi connectivity index (χ3n) is 2.42. The van der Waals surface area contributed by atoms with Gasteiger partial charge in [-0.3, -0.25) is 0 Å². The van der Waals surface area contributed by atoms with Crippen molar-refractivity contribution in [2.75, 3.05) is 0 Å². The van der Waals surface area contributed by atoms with Gasteiger partial charge < -0.3 is 14.2 Å². The molecule has 1 saturated heterocycles. The Morgan fingerprint density at radius 3 is 1.52 bits per heavy atom. The van der Waals surface area contributed by atoms with Crippen molar-refractivity contribution in [3.63, 3.8) is 0 Å². The first-order valence-electron chi connectivity index (χ1n) is 5.42. The molecule has 0 N–H and O–H groups in total. The molecule has 118 valence electrons. The second-order valence-corrected chi connectivity index (χ2v) is 9.21. The van der Waals surface area contributed by atoms with Crippen molar-refractivity contribution < 1.29 is 14.2 Å². The fourth-order valence-corrected chi connectivity index (χ4v) is 2.26. The molecule has 0 radical (unpaired) electrons. The Morgan fingerprint density at radius 2 is 1.14 bits per heavy atom. The first-order chi connectivity index (χ1) is 9.57. The van der Waals surface area contributed by atoms with Crippen LogP contribution in [0.5, 0.6) is 0 Å². The highest BCUT2D eigenvalue weighted by Crippen LogP contribution is 2.45. The van der Waals surface area contributed by atoms with Crippen LogP contribution in [0.2, 0.25) is 5.02 Å². The zero-order chi connectivity index (χ0) is 15.8. The van der Waals surface area contributed by atoms with Gasteiger partial charge in [0, 0.05) is 10.6 Å². The molecule has 2 rings (SSSR count). The Balaban J connectivity index is 2.26. The van der Waals surface area contributed by atoms with Crippen molar-refractivity contribution in [2.45, 2.75) is 26.5 Å². The highest BCUT2D eigenvalue weighted by Gasteiger charge is 2.49. The summed E-state index contributed by atoms with van der Waals surface area (Å²) < 4.78 is 12.3. The largest absolute Gasteiger partial charge is 0.315 e. The zero-order valence-corrected chi connectivity index (χ0v) is 15.2. The zero-order valence-electron chi connectivity index (χ0n) is 9.91. The summed E-state index contributed by atoms with van der Waals surface area (Å²) in [5.74, 6) is 0. The fraction of sp³-hybridized carbons (Fsp3) is 0.455. The molecule has 10 heteroatoms. The molecule has 1 aromatic carbocycles. The van der Waals surface area contributed by atoms with E-state index in [4.69, 9.17) is 95.4 Å². The summed E-state index contributed by atoms with van der Waals surface area (Å²) in [4.78, 5) is 0. The molecule has 2 atom stereocenters. The first-order valence-corrected chi connectivity index (χ1v) is 8.07. The van der Waals surface area contributed by atoms with E-state index in [9.17, 15) is 0 Å². The maximum Gasteiger partial charge on any atom is 0.241 e. The Labute approximate surface area is 156 Å². The molecule has 1 aliphatic rings. The molecule has 21 heavy (non-hydrogen) atoms. The second kappa shape index (κ2) is 6.94. The van der Waals surface area contributed by atoms with E-state index < -0.39 is 26.5 Å². The van der Waals surface area contributed by atoms with Crippen LogP contribution in [0, 0.1) is 0 Å². The van der Waals surface area contributed by atoms with Crippen LogP contribution in [0.25, 0.3) is 0 Å². The van der Waals surface area contributed by atoms with Gasteiger partial charge >= 0.3 is 0 Å². The van der Waals surface area contributed by atoms with E-state index in [0.717, 1.165) is 0 Å². The van der Waals surface area contributed by atoms with Crippen LogP contribution in [0.15, 0.2) is 24.3 Å². The number of ether oxygens (including phenoxy) is 3. The van der Waals surface area contributed by atoms with E-state index in [1.165, 1.54) is 0 Å². The van der Waals surface area contributed by atoms with Gasteiger partial charge in [-0.1, -0.05) is 93.3 Å². The van der Waals surface area contributed by atoms with Crippen molar-refractivity contribution in [3.8, 4) is 0 Å². The Bertz CT molecular complexity index is 460. The summed E-state index contributed by atoms with van der Waals surface area (Å²) in [6, 6.07) is 6.63. The van der Waals surface area contributed by atoms with Crippen LogP contribution in [0.3, 0.4) is 0 Å². The predicted octanol–water partition coefficient (Wildman–Crippen LogP) is 5.79. The maximum atomic E-state index is 5.82. The molecule has 0 saturated carbocycles. The van der Waals surface area contributed by atoms with Crippen molar-refractivity contribution >= 4 is 81.2 Å². The van der Waals surface area contributed by atoms with E-state index in [-0.39, 0.29) is 0 Å². The van der Waals surface area contributed by atoms with Gasteiger partial charge in [0.05, 0.1) is 0 Å². The van der Waals surface area contributed by atoms with Crippen molar-refractivity contribution in [2.24, 2.45) is 0 Å². The van der Waals surface area contributed by atoms with Gasteiger partial charge in [0.15, 0.2) is 6.29 Å². The van der Waals surface area contributed by atoms with Gasteiger partial charge in [-0.2, -0.15) is 0 Å². The topological polar surface area (TPSA) is 27.7 Å². The molecule has 0 spiro atoms. The summed E-state index contributed by atoms with van der Waals surface area (Å²) in [6.45, 7) is 0. The van der Waals surface area contributed by atoms with E-state index >= 15 is 0 Å². The number of alkyl halides is 6. The van der Waals surface area contributed by atoms with Crippen LogP contribution in [0.4, 0.5) is 0 Å². The molecular weight excluding hydrogens is 428 g/mol. The van der Waals surface area contributed by atoms with Crippen LogP contribution in [-0.4, -0.2) is 20.2 Å². The lowest BCUT2D eigenvalue weighted by atomic mass is 10.2. The third-order valence-corrected chi connectivity index (χ3v) is 3.74. The third kappa shape index (κ3) is 5.05. The summed E-state index contributed by atoms with van der Waals surface area (Å²) in [7, 11) is 0. The number of halogens is 7. The smallest absolute Gasteiger partial charge is 0.241 e. The molecule has 0 amide bonds. The van der Waals surface area contributed by atoms with Gasteiger partial charge in [0.2, 0.25) is 20.2 Å². The molecular formula is C11H7Cl7O3. The minimum absolute atomic E-state index is 0.543. The Hall–Kier alpha value is 1.13. The van der Waals surface area contributed by atoms with Gasteiger partial charge in [-0.25, -0.2) is 0 Å². The van der Waals surface area contributed by atoms with E-state index in [2.05, 4.69) is 0 Å². The molecule has 2 unspecified atom stereocenters. The van der Waals surface area contributed by atoms with Crippen molar-refractivity contribution in [1.29, 1.82) is 0 Å². The maximum absolute atomic E-state index is 5.82. The van der Waals surface area contributed by atoms with E-state index in [0.29, 0.717) is 10.6 Å². The Kier molecular flexibility index (Phi) is 6.10. The van der Waals surface area contributed by atoms with Gasteiger partial charge in [-0.05, 0) is 12.1 Å². The molecule has 0 aliphatic carbocycles. The Morgan fingerprint density at radius 1 is 0.714 bits per heavy atom. The van der Waals surface area contributed by atoms with Crippen LogP contribution in [-0.2, 0) is 14.2 Å². The summed E-state index contributed by atoms with van der Waals surface area (Å²) in [5.41, 5.74) is 0.598. The minimum Gasteiger partial charge on any atom is -0.315 e. The lowest BCUT2D eigenvalue weighted by Crippen LogP contribution is -2.48. The number of rotatable bonds is 1. The average molecular weight is 435 g/mol. The standard InChI is InChI=1S/C11H7Cl7O3/c12-6-3-1-5(2-4-6)7-19-8(10(13,14)15)21-9(20-7)11(16,17)18/h1-4,7-9H. The molecule has 0 bridgehead atoms. The molecule has 1 fully saturated rings. The number of benzene rings is 1. The van der Waals surface area contributed by atoms with E-state index in [1.807, 2.05) is 0 Å². The van der Waals surface area contributed by atoms with Crippen LogP contribution in [0.1, 0.15) is 11.9 Å². The molecule has 0 aromatic heterocycles. The monoisotopic (exact) mass is 432 g/mol. The van der Waals surface area contributed by atoms with Crippen LogP contribution >= 0.6 is 81.2 Å². The summed E-state index contributed by atoms with van der Waals surface area (Å²) >= 11 is 40.5. The molecule has 1 aliphatic heterocycles. The number of hydrogen-bond donors (Lipinski definition) is 0. The second-order valence-electron chi connectivity index (χ2n) is 4.04. The first kappa shape index (κ1) is 18.5. The van der Waals surface area contributed by atoms with Crippen LogP contribution < -0.4 is 0 Å². The normalized spacial score (nSPS) is 27.7. The average Bonchev–Trinajstić information content (AvgIpc) is 2.37. The summed E-state index contributed by atoms with van der Waals surface area (Å²) in [6.07, 6.45) is -3.51. The lowest BCUT2D eigenvalue weighted by molar-refractivity contribution is -0.385. The lowest BCUT2D eigenvalue weighted by Gasteiger charge is -2.40. The SMILES string of the molecule is Clc1ccc(C2OC(C(Cl)(Cl)Cl)OC(C(Cl)(Cl)Cl)O2)cc1. The number of hydrogen-bond acceptors (Lipinski definition) is 3. The van der Waals surface area contributed by atoms with Gasteiger partial charge in [0.1, 0.15) is 0 Å². The quantitative estimate of drug-likeness (QED) is 0.523. The summed E-state index contributed by atoms with van der Waals surface area (Å²) in [5, 5.41) is 0.543. The molecule has 1 aromatic rings. The highest BCUT2D eigenvalue weighted by molar-refractivity contribution is 6.68. The predicted molar refractivity (Wildman–Crippen MR) is 85.6 cm³/mol. The molecule has 3 nitrogen and oxygen atoms in total. The minimum atomic E-state index is -1.89. The van der Waals surface area contributed by atoms with Crippen molar-refractivity contribution in [3.05, 3.63) is 34.9 Å². The van der Waals surface area contributed by atoms with Crippen molar-refractivity contribution in [1.82, 2.24) is 0 Å². The fourth-order valence-electron chi connectivity index (χ4n) is 1.52. The van der Waals surface area contributed by atoms with Gasteiger partial charge in [-0.15, -0.1) is 0 Å². The van der Waals surface area contributed by atoms with E-state index in [1.54, 1.807) is 24.3 Å². The highest BCUT2D eigenvalue weighted by atomic mass is 35.6.